The molecule has 618 valence electrons. The largest absolute Gasteiger partial charge is 0.456 e. The van der Waals surface area contributed by atoms with Crippen molar-refractivity contribution in [3.8, 4) is 119 Å². The summed E-state index contributed by atoms with van der Waals surface area (Å²) >= 11 is 0. The molecule has 132 heavy (non-hydrogen) atoms. The van der Waals surface area contributed by atoms with Crippen LogP contribution in [0.1, 0.15) is 0 Å². The third kappa shape index (κ3) is 13.5. The first-order chi connectivity index (χ1) is 65.4. The topological polar surface area (TPSA) is 132 Å². The highest BCUT2D eigenvalue weighted by Gasteiger charge is 2.25. The Morgan fingerprint density at radius 2 is 0.568 bits per heavy atom. The highest BCUT2D eigenvalue weighted by molar-refractivity contribution is 6.26. The molecule has 0 aliphatic heterocycles. The molecule has 0 aliphatic rings. The Morgan fingerprint density at radius 1 is 0.182 bits per heavy atom. The van der Waals surface area contributed by atoms with E-state index in [0.29, 0.717) is 17.5 Å². The SMILES string of the molecule is c1ccc(-c2cc(-c3ccccc3)nc(-c3ccc(-n4c5ccccc5c5c6oc7ccccc7c6ccc54)cc3)c2)cc1.c1ccc(-c2cc(-c3ccccc3)nc(-c3ccc(-n4c5ccccc5c5ccc6oc7ccccc7c6c54)cc3)c2)cc1.c1ccc(-c2nc(-c3ccccc3)nc(-c3ccc(-n4c5ccccc5c5cc6c(cc54)oc4ccccc46)nc3)n2)cc1. The minimum atomic E-state index is 0.572. The molecule has 0 atom stereocenters. The average molecular weight is 1690 g/mol. The van der Waals surface area contributed by atoms with Crippen molar-refractivity contribution >= 4 is 131 Å². The van der Waals surface area contributed by atoms with E-state index in [9.17, 15) is 0 Å². The maximum Gasteiger partial charge on any atom is 0.165 e. The van der Waals surface area contributed by atoms with Gasteiger partial charge in [0.25, 0.3) is 0 Å². The molecule has 12 nitrogen and oxygen atoms in total. The molecule has 10 heterocycles. The maximum atomic E-state index is 6.47. The molecule has 0 fully saturated rings. The highest BCUT2D eigenvalue weighted by Crippen LogP contribution is 2.46. The molecule has 0 amide bonds. The van der Waals surface area contributed by atoms with E-state index >= 15 is 0 Å². The Hall–Kier alpha value is -18.0. The van der Waals surface area contributed by atoms with E-state index in [1.807, 2.05) is 134 Å². The van der Waals surface area contributed by atoms with Crippen molar-refractivity contribution in [3.63, 3.8) is 0 Å². The molecule has 10 aromatic heterocycles. The number of hydrogen-bond acceptors (Lipinski definition) is 9. The van der Waals surface area contributed by atoms with Gasteiger partial charge in [-0.2, -0.15) is 0 Å². The van der Waals surface area contributed by atoms with E-state index in [2.05, 4.69) is 335 Å². The van der Waals surface area contributed by atoms with Crippen molar-refractivity contribution in [3.05, 3.63) is 455 Å². The van der Waals surface area contributed by atoms with E-state index in [-0.39, 0.29) is 0 Å². The second-order valence-electron chi connectivity index (χ2n) is 33.1. The van der Waals surface area contributed by atoms with Crippen LogP contribution in [0.15, 0.2) is 468 Å². The summed E-state index contributed by atoms with van der Waals surface area (Å²) in [6.07, 6.45) is 1.84. The lowest BCUT2D eigenvalue weighted by Crippen LogP contribution is -2.01. The van der Waals surface area contributed by atoms with Crippen LogP contribution in [-0.4, -0.2) is 43.6 Å². The molecule has 0 saturated heterocycles. The first kappa shape index (κ1) is 76.4. The van der Waals surface area contributed by atoms with Gasteiger partial charge in [-0.25, -0.2) is 29.9 Å². The van der Waals surface area contributed by atoms with Crippen LogP contribution in [0.5, 0.6) is 0 Å². The van der Waals surface area contributed by atoms with Crippen molar-refractivity contribution in [2.24, 2.45) is 0 Å². The van der Waals surface area contributed by atoms with Gasteiger partial charge in [0, 0.05) is 116 Å². The zero-order valence-corrected chi connectivity index (χ0v) is 71.1. The van der Waals surface area contributed by atoms with Gasteiger partial charge >= 0.3 is 0 Å². The fourth-order valence-corrected chi connectivity index (χ4v) is 19.1. The Morgan fingerprint density at radius 3 is 1.09 bits per heavy atom. The highest BCUT2D eigenvalue weighted by atomic mass is 16.3. The minimum absolute atomic E-state index is 0.572. The maximum absolute atomic E-state index is 6.47. The molecule has 0 unspecified atom stereocenters. The Labute approximate surface area is 756 Å². The molecule has 0 spiro atoms. The summed E-state index contributed by atoms with van der Waals surface area (Å²) in [6, 6.07) is 156. The minimum Gasteiger partial charge on any atom is -0.456 e. The predicted molar refractivity (Wildman–Crippen MR) is 540 cm³/mol. The molecular formula is C120H75N9O3. The first-order valence-electron chi connectivity index (χ1n) is 44.3. The van der Waals surface area contributed by atoms with E-state index in [1.165, 1.54) is 32.8 Å². The van der Waals surface area contributed by atoms with Crippen molar-refractivity contribution < 1.29 is 13.3 Å². The molecule has 0 bridgehead atoms. The quantitative estimate of drug-likeness (QED) is 0.117. The van der Waals surface area contributed by atoms with Crippen LogP contribution in [-0.2, 0) is 0 Å². The normalized spacial score (nSPS) is 11.6. The van der Waals surface area contributed by atoms with Gasteiger partial charge in [0.2, 0.25) is 0 Å². The monoisotopic (exact) mass is 1690 g/mol. The summed E-state index contributed by atoms with van der Waals surface area (Å²) in [5, 5.41) is 13.9. The fourth-order valence-electron chi connectivity index (χ4n) is 19.1. The average Bonchev–Trinajstić information content (AvgIpc) is 1.57. The lowest BCUT2D eigenvalue weighted by molar-refractivity contribution is 0.669. The van der Waals surface area contributed by atoms with Gasteiger partial charge in [0.05, 0.1) is 66.6 Å². The van der Waals surface area contributed by atoms with Gasteiger partial charge in [-0.1, -0.05) is 315 Å². The lowest BCUT2D eigenvalue weighted by atomic mass is 10.00. The number of aromatic nitrogens is 9. The first-order valence-corrected chi connectivity index (χ1v) is 44.3. The second kappa shape index (κ2) is 32.1. The summed E-state index contributed by atoms with van der Waals surface area (Å²) in [7, 11) is 0. The van der Waals surface area contributed by atoms with E-state index in [0.717, 1.165) is 200 Å². The van der Waals surface area contributed by atoms with Crippen LogP contribution < -0.4 is 0 Å². The van der Waals surface area contributed by atoms with E-state index < -0.39 is 0 Å². The Kier molecular flexibility index (Phi) is 18.6. The van der Waals surface area contributed by atoms with Crippen molar-refractivity contribution in [1.82, 2.24) is 43.6 Å². The summed E-state index contributed by atoms with van der Waals surface area (Å²) in [5.74, 6) is 2.62. The Bertz CT molecular complexity index is 8740. The summed E-state index contributed by atoms with van der Waals surface area (Å²) in [4.78, 5) is 29.8. The number of fused-ring (bicyclic) bond motifs is 20. The number of nitrogens with zero attached hydrogens (tertiary/aromatic N) is 9. The molecule has 0 N–H and O–H groups in total. The Balaban J connectivity index is 0.000000106. The van der Waals surface area contributed by atoms with Crippen LogP contribution in [0.2, 0.25) is 0 Å². The van der Waals surface area contributed by atoms with Crippen molar-refractivity contribution in [2.45, 2.75) is 0 Å². The van der Waals surface area contributed by atoms with Gasteiger partial charge in [0.1, 0.15) is 39.3 Å². The zero-order chi connectivity index (χ0) is 87.1. The zero-order valence-electron chi connectivity index (χ0n) is 71.1. The standard InChI is InChI=1S/2C41H26N2O.C38H23N5O/c1-3-11-27(12-4-1)30-25-35(28-13-5-2-6-14-28)42-36(26-30)29-19-21-31(22-20-29)43-37-17-9-7-16-34(37)40-38(43)24-23-33-32-15-8-10-18-39(32)44-41(33)40;1-3-11-27(12-4-1)30-25-35(28-13-5-2-6-14-28)42-36(26-30)29-19-21-31(22-20-29)43-37-17-9-7-15-32(37)33-23-24-39-40(41(33)43)34-16-8-10-18-38(34)44-39;1-3-11-24(12-4-1)36-40-37(25-13-5-2-6-14-25)42-38(41-36)26-19-20-35(39-23-26)43-31-17-9-7-15-27(31)29-21-30-28-16-8-10-18-33(28)44-34(30)22-32(29)43/h2*1-26H;1-23H. The fraction of sp³-hybridized carbons (Fsp3) is 0. The molecule has 17 aromatic carbocycles. The molecule has 0 saturated carbocycles. The van der Waals surface area contributed by atoms with E-state index in [4.69, 9.17) is 43.2 Å². The van der Waals surface area contributed by atoms with Gasteiger partial charge in [-0.05, 0) is 150 Å². The van der Waals surface area contributed by atoms with Gasteiger partial charge in [0.15, 0.2) is 17.5 Å². The summed E-state index contributed by atoms with van der Waals surface area (Å²) < 4.78 is 25.9. The number of furan rings is 3. The van der Waals surface area contributed by atoms with Crippen LogP contribution in [0, 0.1) is 0 Å². The summed E-state index contributed by atoms with van der Waals surface area (Å²) in [6.45, 7) is 0. The number of rotatable bonds is 12. The number of para-hydroxylation sites is 6. The van der Waals surface area contributed by atoms with Crippen molar-refractivity contribution in [2.75, 3.05) is 0 Å². The van der Waals surface area contributed by atoms with Crippen LogP contribution in [0.4, 0.5) is 0 Å². The predicted octanol–water partition coefficient (Wildman–Crippen LogP) is 31.4. The molecule has 12 heteroatoms. The summed E-state index contributed by atoms with van der Waals surface area (Å²) in [5.41, 5.74) is 29.8. The molecule has 0 radical (unpaired) electrons. The molecule has 27 rings (SSSR count). The van der Waals surface area contributed by atoms with Crippen molar-refractivity contribution in [1.29, 1.82) is 0 Å². The molecule has 27 aromatic rings. The van der Waals surface area contributed by atoms with Gasteiger partial charge < -0.3 is 22.4 Å². The second-order valence-corrected chi connectivity index (χ2v) is 33.1. The number of pyridine rings is 3. The molecular weight excluding hydrogens is 1620 g/mol. The lowest BCUT2D eigenvalue weighted by Gasteiger charge is -2.12. The number of benzene rings is 17. The van der Waals surface area contributed by atoms with Crippen LogP contribution >= 0.6 is 0 Å². The smallest absolute Gasteiger partial charge is 0.165 e. The third-order valence-electron chi connectivity index (χ3n) is 25.3. The number of hydrogen-bond donors (Lipinski definition) is 0. The third-order valence-corrected chi connectivity index (χ3v) is 25.3. The molecule has 0 aliphatic carbocycles. The van der Waals surface area contributed by atoms with Crippen LogP contribution in [0.25, 0.3) is 250 Å². The van der Waals surface area contributed by atoms with Crippen LogP contribution in [0.3, 0.4) is 0 Å². The van der Waals surface area contributed by atoms with Gasteiger partial charge in [-0.3, -0.25) is 4.57 Å². The van der Waals surface area contributed by atoms with E-state index in [1.54, 1.807) is 0 Å². The van der Waals surface area contributed by atoms with Gasteiger partial charge in [-0.15, -0.1) is 0 Å².